The van der Waals surface area contributed by atoms with Gasteiger partial charge in [0.05, 0.1) is 44.7 Å². The van der Waals surface area contributed by atoms with Crippen molar-refractivity contribution in [3.8, 4) is 0 Å². The topological polar surface area (TPSA) is 118 Å². The summed E-state index contributed by atoms with van der Waals surface area (Å²) in [6.45, 7) is 8.83. The number of hydrogen-bond acceptors (Lipinski definition) is 9. The molecule has 1 aromatic heterocycles. The molecule has 210 valence electrons. The molecule has 0 N–H and O–H groups in total. The molecule has 1 saturated carbocycles. The Morgan fingerprint density at radius 1 is 1.10 bits per heavy atom. The molecule has 1 aliphatic heterocycles. The van der Waals surface area contributed by atoms with Gasteiger partial charge in [-0.05, 0) is 49.5 Å². The molecule has 0 amide bonds. The van der Waals surface area contributed by atoms with E-state index >= 15 is 0 Å². The van der Waals surface area contributed by atoms with Crippen LogP contribution >= 0.6 is 0 Å². The van der Waals surface area contributed by atoms with E-state index in [0.29, 0.717) is 6.42 Å². The molecule has 1 saturated heterocycles. The minimum atomic E-state index is -1.32. The molecular weight excluding hydrogens is 504 g/mol. The SMILES string of the molecule is COC(=O)C[C@H]1[C@]2(C)C3=C(C)[C@H](c4ccoc4)C[C@H]3O[C@H]2C(OC(C)=O)[C@H]2[C@@]1(C)C(=O)C=C[C@@]2(C)C(=O)OC. The first-order valence-electron chi connectivity index (χ1n) is 13.3. The fraction of sp³-hybridized carbons (Fsp3) is 0.600. The number of fused-ring (bicyclic) bond motifs is 4. The van der Waals surface area contributed by atoms with Gasteiger partial charge in [0.1, 0.15) is 12.2 Å². The lowest BCUT2D eigenvalue weighted by Gasteiger charge is -2.62. The number of ketones is 1. The smallest absolute Gasteiger partial charge is 0.315 e. The van der Waals surface area contributed by atoms with E-state index < -0.39 is 58.2 Å². The van der Waals surface area contributed by atoms with E-state index in [4.69, 9.17) is 23.4 Å². The van der Waals surface area contributed by atoms with Gasteiger partial charge in [0, 0.05) is 29.6 Å². The number of hydrogen-bond donors (Lipinski definition) is 0. The number of allylic oxidation sites excluding steroid dienone is 2. The van der Waals surface area contributed by atoms with Gasteiger partial charge in [-0.25, -0.2) is 0 Å². The predicted octanol–water partition coefficient (Wildman–Crippen LogP) is 3.92. The lowest BCUT2D eigenvalue weighted by molar-refractivity contribution is -0.226. The van der Waals surface area contributed by atoms with Gasteiger partial charge in [-0.2, -0.15) is 0 Å². The van der Waals surface area contributed by atoms with Crippen molar-refractivity contribution in [2.45, 2.75) is 71.7 Å². The van der Waals surface area contributed by atoms with Crippen molar-refractivity contribution in [3.05, 3.63) is 47.5 Å². The van der Waals surface area contributed by atoms with E-state index in [2.05, 4.69) is 6.92 Å². The van der Waals surface area contributed by atoms with Crippen LogP contribution in [0.5, 0.6) is 0 Å². The molecule has 39 heavy (non-hydrogen) atoms. The van der Waals surface area contributed by atoms with Gasteiger partial charge in [0.25, 0.3) is 0 Å². The van der Waals surface area contributed by atoms with Gasteiger partial charge in [0.15, 0.2) is 5.78 Å². The number of carbonyl (C=O) groups excluding carboxylic acids is 4. The van der Waals surface area contributed by atoms with Gasteiger partial charge < -0.3 is 23.4 Å². The molecule has 1 unspecified atom stereocenters. The molecule has 0 radical (unpaired) electrons. The summed E-state index contributed by atoms with van der Waals surface area (Å²) >= 11 is 0. The fourth-order valence-corrected chi connectivity index (χ4v) is 8.57. The number of furan rings is 1. The third kappa shape index (κ3) is 3.61. The number of methoxy groups -OCH3 is 2. The van der Waals surface area contributed by atoms with E-state index in [9.17, 15) is 19.2 Å². The van der Waals surface area contributed by atoms with Crippen LogP contribution in [0.3, 0.4) is 0 Å². The minimum absolute atomic E-state index is 0.0419. The van der Waals surface area contributed by atoms with Crippen molar-refractivity contribution in [1.82, 2.24) is 0 Å². The van der Waals surface area contributed by atoms with E-state index in [-0.39, 0.29) is 24.2 Å². The third-order valence-corrected chi connectivity index (χ3v) is 10.2. The average molecular weight is 541 g/mol. The zero-order chi connectivity index (χ0) is 28.5. The molecule has 9 atom stereocenters. The fourth-order valence-electron chi connectivity index (χ4n) is 8.57. The summed E-state index contributed by atoms with van der Waals surface area (Å²) in [4.78, 5) is 52.9. The van der Waals surface area contributed by atoms with E-state index in [1.807, 2.05) is 13.0 Å². The Labute approximate surface area is 227 Å². The largest absolute Gasteiger partial charge is 0.472 e. The van der Waals surface area contributed by atoms with Crippen LogP contribution in [0, 0.1) is 28.1 Å². The summed E-state index contributed by atoms with van der Waals surface area (Å²) in [6, 6.07) is 1.93. The molecule has 5 rings (SSSR count). The molecular formula is C30H36O9. The summed E-state index contributed by atoms with van der Waals surface area (Å²) in [6.07, 6.45) is 4.88. The van der Waals surface area contributed by atoms with Gasteiger partial charge >= 0.3 is 17.9 Å². The van der Waals surface area contributed by atoms with Crippen LogP contribution in [0.1, 0.15) is 58.9 Å². The first kappa shape index (κ1) is 27.4. The maximum Gasteiger partial charge on any atom is 0.315 e. The quantitative estimate of drug-likeness (QED) is 0.311. The molecule has 3 aliphatic carbocycles. The summed E-state index contributed by atoms with van der Waals surface area (Å²) in [5.74, 6) is -3.26. The highest BCUT2D eigenvalue weighted by molar-refractivity contribution is 5.99. The molecule has 4 aliphatic rings. The second-order valence-electron chi connectivity index (χ2n) is 11.9. The van der Waals surface area contributed by atoms with Crippen molar-refractivity contribution in [2.24, 2.45) is 28.1 Å². The molecule has 9 heteroatoms. The van der Waals surface area contributed by atoms with Gasteiger partial charge in [-0.3, -0.25) is 19.2 Å². The highest BCUT2D eigenvalue weighted by Crippen LogP contribution is 2.70. The van der Waals surface area contributed by atoms with Crippen molar-refractivity contribution in [2.75, 3.05) is 14.2 Å². The Morgan fingerprint density at radius 2 is 1.82 bits per heavy atom. The first-order chi connectivity index (χ1) is 18.3. The Kier molecular flexibility index (Phi) is 6.44. The number of carbonyl (C=O) groups is 4. The van der Waals surface area contributed by atoms with Crippen molar-refractivity contribution in [1.29, 1.82) is 0 Å². The second kappa shape index (κ2) is 9.18. The Morgan fingerprint density at radius 3 is 2.41 bits per heavy atom. The molecule has 0 bridgehead atoms. The normalized spacial score (nSPS) is 40.5. The van der Waals surface area contributed by atoms with Crippen LogP contribution < -0.4 is 0 Å². The van der Waals surface area contributed by atoms with E-state index in [1.165, 1.54) is 33.3 Å². The predicted molar refractivity (Wildman–Crippen MR) is 137 cm³/mol. The van der Waals surface area contributed by atoms with Gasteiger partial charge in [-0.1, -0.05) is 25.5 Å². The minimum Gasteiger partial charge on any atom is -0.472 e. The zero-order valence-corrected chi connectivity index (χ0v) is 23.4. The highest BCUT2D eigenvalue weighted by Gasteiger charge is 2.75. The van der Waals surface area contributed by atoms with Crippen LogP contribution in [0.15, 0.2) is 46.3 Å². The van der Waals surface area contributed by atoms with Crippen LogP contribution in [0.4, 0.5) is 0 Å². The standard InChI is InChI=1S/C30H36O9/c1-15-18(17-9-11-37-14-17)12-19-23(15)30(5)20(13-22(33)35-6)29(4)21(32)8-10-28(3,27(34)36-7)25(29)24(26(30)39-19)38-16(2)31/h8-11,14,18-20,24-26H,12-13H2,1-7H3/t18-,19-,20-,24?,25-,26+,28-,29-,30-/m1/s1. The summed E-state index contributed by atoms with van der Waals surface area (Å²) in [5.41, 5.74) is -0.391. The van der Waals surface area contributed by atoms with Gasteiger partial charge in [-0.15, -0.1) is 0 Å². The van der Waals surface area contributed by atoms with Crippen molar-refractivity contribution < 1.29 is 42.5 Å². The van der Waals surface area contributed by atoms with Crippen LogP contribution in [-0.4, -0.2) is 56.2 Å². The molecule has 2 heterocycles. The van der Waals surface area contributed by atoms with Gasteiger partial charge in [0.2, 0.25) is 0 Å². The monoisotopic (exact) mass is 540 g/mol. The molecule has 9 nitrogen and oxygen atoms in total. The lowest BCUT2D eigenvalue weighted by atomic mass is 9.41. The molecule has 0 spiro atoms. The zero-order valence-electron chi connectivity index (χ0n) is 23.4. The maximum absolute atomic E-state index is 14.0. The van der Waals surface area contributed by atoms with Crippen LogP contribution in [0.25, 0.3) is 0 Å². The molecule has 0 aromatic carbocycles. The van der Waals surface area contributed by atoms with E-state index in [1.54, 1.807) is 26.4 Å². The maximum atomic E-state index is 14.0. The number of esters is 3. The Bertz CT molecular complexity index is 1280. The molecule has 2 fully saturated rings. The van der Waals surface area contributed by atoms with E-state index in [0.717, 1.165) is 16.7 Å². The summed E-state index contributed by atoms with van der Waals surface area (Å²) in [5, 5.41) is 0. The highest BCUT2D eigenvalue weighted by atomic mass is 16.6. The summed E-state index contributed by atoms with van der Waals surface area (Å²) in [7, 11) is 2.60. The lowest BCUT2D eigenvalue weighted by Crippen LogP contribution is -2.70. The number of ether oxygens (including phenoxy) is 4. The second-order valence-corrected chi connectivity index (χ2v) is 11.9. The van der Waals surface area contributed by atoms with Crippen molar-refractivity contribution in [3.63, 3.8) is 0 Å². The summed E-state index contributed by atoms with van der Waals surface area (Å²) < 4.78 is 28.5. The first-order valence-corrected chi connectivity index (χ1v) is 13.3. The average Bonchev–Trinajstić information content (AvgIpc) is 3.60. The van der Waals surface area contributed by atoms with Crippen LogP contribution in [0.2, 0.25) is 0 Å². The number of rotatable bonds is 5. The van der Waals surface area contributed by atoms with Crippen LogP contribution in [-0.2, 0) is 38.1 Å². The molecule has 1 aromatic rings. The third-order valence-electron chi connectivity index (χ3n) is 10.2. The Balaban J connectivity index is 1.78. The Hall–Kier alpha value is -3.20. The van der Waals surface area contributed by atoms with Crippen molar-refractivity contribution >= 4 is 23.7 Å².